The van der Waals surface area contributed by atoms with Crippen LogP contribution in [0.25, 0.3) is 0 Å². The second kappa shape index (κ2) is 4.60. The van der Waals surface area contributed by atoms with Gasteiger partial charge < -0.3 is 5.11 Å². The third-order valence-electron chi connectivity index (χ3n) is 2.55. The maximum atomic E-state index is 13.6. The number of hydrogen-bond donors (Lipinski definition) is 1. The quantitative estimate of drug-likeness (QED) is 0.863. The molecule has 0 bridgehead atoms. The molecule has 1 atom stereocenters. The number of carboxylic acid groups (broad SMARTS) is 1. The second-order valence-corrected chi connectivity index (χ2v) is 4.18. The van der Waals surface area contributed by atoms with Crippen LogP contribution in [0.1, 0.15) is 30.9 Å². The van der Waals surface area contributed by atoms with E-state index < -0.39 is 23.5 Å². The second-order valence-electron chi connectivity index (χ2n) is 4.18. The normalized spacial score (nSPS) is 12.9. The van der Waals surface area contributed by atoms with Crippen LogP contribution in [-0.2, 0) is 4.79 Å². The SMILES string of the molecule is Cc1cc(F)c(C(C(=O)O)C(C)C)cc1F. The molecule has 1 unspecified atom stereocenters. The van der Waals surface area contributed by atoms with Gasteiger partial charge in [0, 0.05) is 5.56 Å². The molecule has 0 saturated heterocycles. The molecule has 2 nitrogen and oxygen atoms in total. The van der Waals surface area contributed by atoms with Crippen LogP contribution in [-0.4, -0.2) is 11.1 Å². The van der Waals surface area contributed by atoms with Crippen LogP contribution in [0.3, 0.4) is 0 Å². The number of aryl methyl sites for hydroxylation is 1. The van der Waals surface area contributed by atoms with Gasteiger partial charge in [-0.25, -0.2) is 8.78 Å². The highest BCUT2D eigenvalue weighted by atomic mass is 19.1. The minimum atomic E-state index is -1.14. The summed E-state index contributed by atoms with van der Waals surface area (Å²) in [5.74, 6) is -3.70. The molecule has 0 aliphatic carbocycles. The van der Waals surface area contributed by atoms with Crippen molar-refractivity contribution in [3.8, 4) is 0 Å². The maximum Gasteiger partial charge on any atom is 0.311 e. The van der Waals surface area contributed by atoms with Gasteiger partial charge in [0.05, 0.1) is 5.92 Å². The summed E-state index contributed by atoms with van der Waals surface area (Å²) < 4.78 is 26.9. The monoisotopic (exact) mass is 228 g/mol. The van der Waals surface area contributed by atoms with E-state index in [4.69, 9.17) is 5.11 Å². The average Bonchev–Trinajstić information content (AvgIpc) is 2.12. The molecule has 4 heteroatoms. The molecule has 0 aromatic heterocycles. The largest absolute Gasteiger partial charge is 0.481 e. The minimum Gasteiger partial charge on any atom is -0.481 e. The summed E-state index contributed by atoms with van der Waals surface area (Å²) in [5.41, 5.74) is 0.0831. The fourth-order valence-corrected chi connectivity index (χ4v) is 1.68. The van der Waals surface area contributed by atoms with Gasteiger partial charge in [0.25, 0.3) is 0 Å². The van der Waals surface area contributed by atoms with Crippen molar-refractivity contribution in [2.45, 2.75) is 26.7 Å². The lowest BCUT2D eigenvalue weighted by molar-refractivity contribution is -0.139. The predicted octanol–water partition coefficient (Wildman–Crippen LogP) is 3.10. The first-order valence-electron chi connectivity index (χ1n) is 5.03. The van der Waals surface area contributed by atoms with E-state index in [2.05, 4.69) is 0 Å². The summed E-state index contributed by atoms with van der Waals surface area (Å²) in [7, 11) is 0. The molecule has 0 aliphatic heterocycles. The van der Waals surface area contributed by atoms with Crippen molar-refractivity contribution in [1.29, 1.82) is 0 Å². The Morgan fingerprint density at radius 1 is 1.25 bits per heavy atom. The third kappa shape index (κ3) is 2.38. The molecular weight excluding hydrogens is 214 g/mol. The minimum absolute atomic E-state index is 0.0920. The van der Waals surface area contributed by atoms with Gasteiger partial charge in [-0.2, -0.15) is 0 Å². The Bertz CT molecular complexity index is 414. The van der Waals surface area contributed by atoms with Crippen LogP contribution in [0.15, 0.2) is 12.1 Å². The van der Waals surface area contributed by atoms with Gasteiger partial charge in [0.15, 0.2) is 0 Å². The standard InChI is InChI=1S/C12H14F2O2/c1-6(2)11(12(15)16)8-5-9(13)7(3)4-10(8)14/h4-6,11H,1-3H3,(H,15,16). The molecule has 1 aromatic carbocycles. The first-order chi connectivity index (χ1) is 7.34. The van der Waals surface area contributed by atoms with Crippen molar-refractivity contribution in [2.24, 2.45) is 5.92 Å². The van der Waals surface area contributed by atoms with Crippen molar-refractivity contribution in [3.63, 3.8) is 0 Å². The zero-order valence-corrected chi connectivity index (χ0v) is 9.42. The molecule has 0 radical (unpaired) electrons. The van der Waals surface area contributed by atoms with Gasteiger partial charge in [-0.05, 0) is 30.5 Å². The average molecular weight is 228 g/mol. The summed E-state index contributed by atoms with van der Waals surface area (Å²) >= 11 is 0. The van der Waals surface area contributed by atoms with Crippen LogP contribution >= 0.6 is 0 Å². The molecule has 0 spiro atoms. The lowest BCUT2D eigenvalue weighted by Gasteiger charge is -2.17. The van der Waals surface area contributed by atoms with Gasteiger partial charge in [-0.15, -0.1) is 0 Å². The van der Waals surface area contributed by atoms with E-state index in [-0.39, 0.29) is 17.0 Å². The molecule has 1 rings (SSSR count). The van der Waals surface area contributed by atoms with Crippen LogP contribution in [0, 0.1) is 24.5 Å². The Kier molecular flexibility index (Phi) is 3.62. The number of benzene rings is 1. The highest BCUT2D eigenvalue weighted by Gasteiger charge is 2.27. The van der Waals surface area contributed by atoms with Gasteiger partial charge >= 0.3 is 5.97 Å². The molecule has 1 aromatic rings. The molecule has 0 heterocycles. The van der Waals surface area contributed by atoms with Crippen LogP contribution < -0.4 is 0 Å². The highest BCUT2D eigenvalue weighted by molar-refractivity contribution is 5.76. The van der Waals surface area contributed by atoms with Crippen molar-refractivity contribution in [1.82, 2.24) is 0 Å². The molecule has 0 saturated carbocycles. The van der Waals surface area contributed by atoms with Gasteiger partial charge in [0.2, 0.25) is 0 Å². The third-order valence-corrected chi connectivity index (χ3v) is 2.55. The summed E-state index contributed by atoms with van der Waals surface area (Å²) in [6.45, 7) is 4.76. The number of aliphatic carboxylic acids is 1. The van der Waals surface area contributed by atoms with E-state index in [1.54, 1.807) is 13.8 Å². The number of rotatable bonds is 3. The Labute approximate surface area is 92.9 Å². The van der Waals surface area contributed by atoms with Crippen molar-refractivity contribution in [3.05, 3.63) is 34.9 Å². The molecule has 88 valence electrons. The Balaban J connectivity index is 3.30. The molecule has 1 N–H and O–H groups in total. The predicted molar refractivity (Wildman–Crippen MR) is 56.3 cm³/mol. The molecule has 0 aliphatic rings. The Hall–Kier alpha value is -1.45. The zero-order valence-electron chi connectivity index (χ0n) is 9.42. The fourth-order valence-electron chi connectivity index (χ4n) is 1.68. The summed E-state index contributed by atoms with van der Waals surface area (Å²) in [5, 5.41) is 8.99. The van der Waals surface area contributed by atoms with E-state index in [1.165, 1.54) is 6.92 Å². The number of halogens is 2. The number of carboxylic acids is 1. The first-order valence-corrected chi connectivity index (χ1v) is 5.03. The summed E-state index contributed by atoms with van der Waals surface area (Å²) in [6, 6.07) is 2.01. The topological polar surface area (TPSA) is 37.3 Å². The van der Waals surface area contributed by atoms with Crippen molar-refractivity contribution >= 4 is 5.97 Å². The van der Waals surface area contributed by atoms with Gasteiger partial charge in [-0.3, -0.25) is 4.79 Å². The lowest BCUT2D eigenvalue weighted by Crippen LogP contribution is -2.19. The van der Waals surface area contributed by atoms with Crippen molar-refractivity contribution in [2.75, 3.05) is 0 Å². The van der Waals surface area contributed by atoms with Gasteiger partial charge in [-0.1, -0.05) is 13.8 Å². The number of carbonyl (C=O) groups is 1. The first kappa shape index (κ1) is 12.6. The lowest BCUT2D eigenvalue weighted by atomic mass is 9.87. The van der Waals surface area contributed by atoms with Crippen molar-refractivity contribution < 1.29 is 18.7 Å². The van der Waals surface area contributed by atoms with Crippen LogP contribution in [0.2, 0.25) is 0 Å². The Morgan fingerprint density at radius 2 is 1.81 bits per heavy atom. The highest BCUT2D eigenvalue weighted by Crippen LogP contribution is 2.28. The van der Waals surface area contributed by atoms with E-state index in [0.29, 0.717) is 0 Å². The molecular formula is C12H14F2O2. The molecule has 16 heavy (non-hydrogen) atoms. The molecule has 0 fully saturated rings. The summed E-state index contributed by atoms with van der Waals surface area (Å²) in [6.07, 6.45) is 0. The zero-order chi connectivity index (χ0) is 12.5. The van der Waals surface area contributed by atoms with E-state index in [9.17, 15) is 13.6 Å². The van der Waals surface area contributed by atoms with E-state index >= 15 is 0 Å². The van der Waals surface area contributed by atoms with E-state index in [0.717, 1.165) is 12.1 Å². The van der Waals surface area contributed by atoms with Crippen LogP contribution in [0.5, 0.6) is 0 Å². The smallest absolute Gasteiger partial charge is 0.311 e. The number of hydrogen-bond acceptors (Lipinski definition) is 1. The molecule has 0 amide bonds. The van der Waals surface area contributed by atoms with E-state index in [1.807, 2.05) is 0 Å². The van der Waals surface area contributed by atoms with Crippen LogP contribution in [0.4, 0.5) is 8.78 Å². The summed E-state index contributed by atoms with van der Waals surface area (Å²) in [4.78, 5) is 11.0. The maximum absolute atomic E-state index is 13.6. The van der Waals surface area contributed by atoms with Gasteiger partial charge in [0.1, 0.15) is 11.6 Å². The fraction of sp³-hybridized carbons (Fsp3) is 0.417. The Morgan fingerprint density at radius 3 is 2.25 bits per heavy atom.